The molecule has 0 unspecified atom stereocenters. The van der Waals surface area contributed by atoms with Gasteiger partial charge in [0.05, 0.1) is 5.52 Å². The van der Waals surface area contributed by atoms with Crippen LogP contribution >= 0.6 is 0 Å². The van der Waals surface area contributed by atoms with Crippen molar-refractivity contribution in [3.8, 4) is 11.5 Å². The van der Waals surface area contributed by atoms with E-state index in [-0.39, 0.29) is 27.9 Å². The van der Waals surface area contributed by atoms with Gasteiger partial charge in [0.25, 0.3) is 5.91 Å². The molecule has 6 heteroatoms. The highest BCUT2D eigenvalue weighted by Gasteiger charge is 2.26. The quantitative estimate of drug-likeness (QED) is 0.490. The molecule has 2 aromatic carbocycles. The lowest BCUT2D eigenvalue weighted by atomic mass is 9.79. The van der Waals surface area contributed by atoms with Crippen LogP contribution in [0, 0.1) is 0 Å². The summed E-state index contributed by atoms with van der Waals surface area (Å²) < 4.78 is 0. The second kappa shape index (κ2) is 7.20. The van der Waals surface area contributed by atoms with Gasteiger partial charge < -0.3 is 20.5 Å². The van der Waals surface area contributed by atoms with E-state index in [0.717, 1.165) is 11.1 Å². The maximum Gasteiger partial charge on any atom is 0.261 e. The molecular formula is C24H28N2O4. The van der Waals surface area contributed by atoms with Crippen LogP contribution in [0.4, 0.5) is 5.69 Å². The van der Waals surface area contributed by atoms with Gasteiger partial charge in [0.2, 0.25) is 5.43 Å². The van der Waals surface area contributed by atoms with Crippen molar-refractivity contribution in [3.63, 3.8) is 0 Å². The predicted octanol–water partition coefficient (Wildman–Crippen LogP) is 4.79. The number of rotatable bonds is 2. The highest BCUT2D eigenvalue weighted by Crippen LogP contribution is 2.39. The van der Waals surface area contributed by atoms with Crippen LogP contribution in [0.3, 0.4) is 0 Å². The number of aromatic nitrogens is 1. The molecule has 30 heavy (non-hydrogen) atoms. The summed E-state index contributed by atoms with van der Waals surface area (Å²) in [6.45, 7) is 12.1. The maximum atomic E-state index is 13.0. The summed E-state index contributed by atoms with van der Waals surface area (Å²) in [6, 6.07) is 7.77. The smallest absolute Gasteiger partial charge is 0.261 e. The van der Waals surface area contributed by atoms with Crippen LogP contribution in [-0.4, -0.2) is 21.1 Å². The van der Waals surface area contributed by atoms with E-state index in [1.807, 2.05) is 47.6 Å². The molecule has 0 atom stereocenters. The Hall–Kier alpha value is -3.28. The number of carbonyl (C=O) groups is 1. The standard InChI is InChI=1S/C24H28N2O4/c1-23(2,3)16-10-17(24(4,5)6)20(28)11-19(16)26-22(30)15-12-25-18-9-13(27)7-8-14(18)21(15)29/h7-12,27-28H,1-6H3,(H,25,29)(H,26,30). The molecule has 0 bridgehead atoms. The van der Waals surface area contributed by atoms with Gasteiger partial charge in [-0.15, -0.1) is 0 Å². The van der Waals surface area contributed by atoms with E-state index in [4.69, 9.17) is 0 Å². The van der Waals surface area contributed by atoms with Gasteiger partial charge >= 0.3 is 0 Å². The zero-order valence-corrected chi connectivity index (χ0v) is 18.2. The lowest BCUT2D eigenvalue weighted by molar-refractivity contribution is 0.102. The third-order valence-corrected chi connectivity index (χ3v) is 5.11. The summed E-state index contributed by atoms with van der Waals surface area (Å²) in [5.41, 5.74) is 1.50. The molecule has 1 amide bonds. The van der Waals surface area contributed by atoms with Crippen LogP contribution in [0.1, 0.15) is 63.0 Å². The van der Waals surface area contributed by atoms with Crippen molar-refractivity contribution >= 4 is 22.5 Å². The molecule has 0 radical (unpaired) electrons. The molecule has 1 aromatic heterocycles. The highest BCUT2D eigenvalue weighted by molar-refractivity contribution is 6.06. The first kappa shape index (κ1) is 21.4. The molecule has 0 fully saturated rings. The van der Waals surface area contributed by atoms with Crippen molar-refractivity contribution < 1.29 is 15.0 Å². The fourth-order valence-corrected chi connectivity index (χ4v) is 3.48. The lowest BCUT2D eigenvalue weighted by Gasteiger charge is -2.28. The number of phenolic OH excluding ortho intramolecular Hbond substituents is 2. The number of pyridine rings is 1. The Morgan fingerprint density at radius 2 is 1.57 bits per heavy atom. The number of hydrogen-bond donors (Lipinski definition) is 4. The molecule has 0 aliphatic carbocycles. The van der Waals surface area contributed by atoms with Crippen LogP contribution in [0.15, 0.2) is 41.3 Å². The first-order valence-corrected chi connectivity index (χ1v) is 9.83. The minimum absolute atomic E-state index is 0.0274. The maximum absolute atomic E-state index is 13.0. The molecule has 0 aliphatic rings. The molecule has 0 spiro atoms. The second-order valence-electron chi connectivity index (χ2n) is 9.63. The fourth-order valence-electron chi connectivity index (χ4n) is 3.48. The number of benzene rings is 2. The van der Waals surface area contributed by atoms with Crippen molar-refractivity contribution in [1.82, 2.24) is 4.98 Å². The number of aromatic amines is 1. The summed E-state index contributed by atoms with van der Waals surface area (Å²) in [7, 11) is 0. The molecule has 0 saturated heterocycles. The molecular weight excluding hydrogens is 380 g/mol. The Morgan fingerprint density at radius 1 is 0.933 bits per heavy atom. The minimum atomic E-state index is -0.570. The normalized spacial score (nSPS) is 12.2. The van der Waals surface area contributed by atoms with Crippen molar-refractivity contribution in [3.05, 3.63) is 63.4 Å². The van der Waals surface area contributed by atoms with Crippen LogP contribution in [0.25, 0.3) is 10.9 Å². The van der Waals surface area contributed by atoms with E-state index in [1.165, 1.54) is 24.4 Å². The number of hydrogen-bond acceptors (Lipinski definition) is 4. The number of anilines is 1. The summed E-state index contributed by atoms with van der Waals surface area (Å²) in [5.74, 6) is -0.451. The predicted molar refractivity (Wildman–Crippen MR) is 120 cm³/mol. The van der Waals surface area contributed by atoms with Crippen molar-refractivity contribution in [2.24, 2.45) is 0 Å². The SMILES string of the molecule is CC(C)(C)c1cc(C(C)(C)C)c(NC(=O)c2c[nH]c3cc(O)ccc3c2=O)cc1O. The van der Waals surface area contributed by atoms with Crippen LogP contribution in [-0.2, 0) is 10.8 Å². The van der Waals surface area contributed by atoms with Gasteiger partial charge in [0.15, 0.2) is 0 Å². The van der Waals surface area contributed by atoms with Crippen molar-refractivity contribution in [2.45, 2.75) is 52.4 Å². The van der Waals surface area contributed by atoms with Gasteiger partial charge in [0, 0.05) is 29.4 Å². The summed E-state index contributed by atoms with van der Waals surface area (Å²) in [6.07, 6.45) is 1.33. The van der Waals surface area contributed by atoms with Gasteiger partial charge in [-0.05, 0) is 40.2 Å². The minimum Gasteiger partial charge on any atom is -0.508 e. The average molecular weight is 408 g/mol. The number of amides is 1. The van der Waals surface area contributed by atoms with Gasteiger partial charge in [-0.1, -0.05) is 41.5 Å². The molecule has 4 N–H and O–H groups in total. The Bertz CT molecular complexity index is 1190. The number of phenols is 2. The van der Waals surface area contributed by atoms with Crippen LogP contribution < -0.4 is 10.7 Å². The third kappa shape index (κ3) is 4.03. The zero-order valence-electron chi connectivity index (χ0n) is 18.2. The second-order valence-corrected chi connectivity index (χ2v) is 9.63. The summed E-state index contributed by atoms with van der Waals surface area (Å²) >= 11 is 0. The van der Waals surface area contributed by atoms with Gasteiger partial charge in [0.1, 0.15) is 17.1 Å². The summed E-state index contributed by atoms with van der Waals surface area (Å²) in [5, 5.41) is 23.3. The molecule has 6 nitrogen and oxygen atoms in total. The number of H-pyrrole nitrogens is 1. The van der Waals surface area contributed by atoms with E-state index in [2.05, 4.69) is 10.3 Å². The highest BCUT2D eigenvalue weighted by atomic mass is 16.3. The molecule has 0 saturated carbocycles. The van der Waals surface area contributed by atoms with E-state index < -0.39 is 11.3 Å². The molecule has 0 aliphatic heterocycles. The van der Waals surface area contributed by atoms with Gasteiger partial charge in [-0.3, -0.25) is 9.59 Å². The third-order valence-electron chi connectivity index (χ3n) is 5.11. The van der Waals surface area contributed by atoms with E-state index in [0.29, 0.717) is 16.6 Å². The largest absolute Gasteiger partial charge is 0.508 e. The monoisotopic (exact) mass is 408 g/mol. The van der Waals surface area contributed by atoms with Gasteiger partial charge in [-0.25, -0.2) is 0 Å². The lowest BCUT2D eigenvalue weighted by Crippen LogP contribution is -2.25. The number of nitrogens with one attached hydrogen (secondary N) is 2. The molecule has 1 heterocycles. The average Bonchev–Trinajstić information content (AvgIpc) is 2.59. The van der Waals surface area contributed by atoms with E-state index in [1.54, 1.807) is 6.07 Å². The first-order valence-electron chi connectivity index (χ1n) is 9.83. The van der Waals surface area contributed by atoms with Crippen LogP contribution in [0.2, 0.25) is 0 Å². The van der Waals surface area contributed by atoms with Gasteiger partial charge in [-0.2, -0.15) is 0 Å². The van der Waals surface area contributed by atoms with Crippen molar-refractivity contribution in [1.29, 1.82) is 0 Å². The Labute approximate surface area is 175 Å². The van der Waals surface area contributed by atoms with Crippen molar-refractivity contribution in [2.75, 3.05) is 5.32 Å². The first-order chi connectivity index (χ1) is 13.8. The topological polar surface area (TPSA) is 102 Å². The zero-order chi connectivity index (χ0) is 22.4. The Balaban J connectivity index is 2.08. The summed E-state index contributed by atoms with van der Waals surface area (Å²) in [4.78, 5) is 28.6. The number of aromatic hydroxyl groups is 2. The van der Waals surface area contributed by atoms with E-state index in [9.17, 15) is 19.8 Å². The molecule has 3 aromatic rings. The Morgan fingerprint density at radius 3 is 2.17 bits per heavy atom. The van der Waals surface area contributed by atoms with Crippen LogP contribution in [0.5, 0.6) is 11.5 Å². The number of fused-ring (bicyclic) bond motifs is 1. The Kier molecular flexibility index (Phi) is 5.14. The fraction of sp³-hybridized carbons (Fsp3) is 0.333. The molecule has 3 rings (SSSR count). The number of carbonyl (C=O) groups excluding carboxylic acids is 1. The van der Waals surface area contributed by atoms with E-state index >= 15 is 0 Å². The molecule has 158 valence electrons.